The lowest BCUT2D eigenvalue weighted by molar-refractivity contribution is -0.899. The van der Waals surface area contributed by atoms with Crippen LogP contribution in [0.15, 0.2) is 50.6 Å². The third-order valence-corrected chi connectivity index (χ3v) is 4.43. The van der Waals surface area contributed by atoms with E-state index in [1.807, 2.05) is 24.3 Å². The lowest BCUT2D eigenvalue weighted by Crippen LogP contribution is -3.00. The minimum absolute atomic E-state index is 0. The summed E-state index contributed by atoms with van der Waals surface area (Å²) in [7, 11) is 4.59. The highest BCUT2D eigenvalue weighted by atomic mass is 79.9. The molecule has 0 bridgehead atoms. The molecular formula is C20H38Br2N2. The van der Waals surface area contributed by atoms with E-state index in [4.69, 9.17) is 0 Å². The van der Waals surface area contributed by atoms with Crippen LogP contribution in [0.2, 0.25) is 0 Å². The normalized spacial score (nSPS) is 10.9. The number of unbranched alkanes of at least 4 members (excludes halogenated alkanes) is 3. The molecule has 0 unspecified atom stereocenters. The van der Waals surface area contributed by atoms with E-state index >= 15 is 0 Å². The Bertz CT molecular complexity index is 300. The van der Waals surface area contributed by atoms with Gasteiger partial charge in [-0.05, 0) is 50.0 Å². The molecule has 0 aromatic carbocycles. The van der Waals surface area contributed by atoms with Gasteiger partial charge in [0.05, 0.1) is 53.4 Å². The molecule has 0 aliphatic carbocycles. The number of hydrogen-bond donors (Lipinski definition) is 0. The van der Waals surface area contributed by atoms with E-state index < -0.39 is 0 Å². The van der Waals surface area contributed by atoms with Crippen molar-refractivity contribution in [1.82, 2.24) is 0 Å². The zero-order valence-corrected chi connectivity index (χ0v) is 19.0. The van der Waals surface area contributed by atoms with Crippen molar-refractivity contribution in [1.29, 1.82) is 0 Å². The number of nitrogens with zero attached hydrogens (tertiary/aromatic N) is 2. The third kappa shape index (κ3) is 13.2. The predicted molar refractivity (Wildman–Crippen MR) is 101 cm³/mol. The van der Waals surface area contributed by atoms with Gasteiger partial charge in [0.1, 0.15) is 0 Å². The van der Waals surface area contributed by atoms with Crippen LogP contribution in [0.5, 0.6) is 0 Å². The fourth-order valence-electron chi connectivity index (χ4n) is 3.10. The third-order valence-electron chi connectivity index (χ3n) is 4.43. The monoisotopic (exact) mass is 464 g/mol. The van der Waals surface area contributed by atoms with Crippen LogP contribution in [0.4, 0.5) is 0 Å². The second-order valence-corrected chi connectivity index (χ2v) is 6.99. The highest BCUT2D eigenvalue weighted by Gasteiger charge is 2.18. The molecule has 0 aromatic rings. The highest BCUT2D eigenvalue weighted by molar-refractivity contribution is 4.72. The first-order chi connectivity index (χ1) is 10.4. The molecule has 0 atom stereocenters. The summed E-state index contributed by atoms with van der Waals surface area (Å²) >= 11 is 0. The van der Waals surface area contributed by atoms with Gasteiger partial charge >= 0.3 is 0 Å². The first-order valence-electron chi connectivity index (χ1n) is 8.56. The van der Waals surface area contributed by atoms with Crippen LogP contribution in [-0.2, 0) is 0 Å². The van der Waals surface area contributed by atoms with Gasteiger partial charge in [0.2, 0.25) is 0 Å². The molecule has 0 aliphatic rings. The Balaban J connectivity index is -0.00000220. The van der Waals surface area contributed by atoms with E-state index in [1.165, 1.54) is 38.8 Å². The summed E-state index contributed by atoms with van der Waals surface area (Å²) in [4.78, 5) is 0. The van der Waals surface area contributed by atoms with E-state index in [9.17, 15) is 0 Å². The predicted octanol–water partition coefficient (Wildman–Crippen LogP) is -1.81. The van der Waals surface area contributed by atoms with Crippen LogP contribution < -0.4 is 34.0 Å². The zero-order chi connectivity index (χ0) is 16.9. The standard InChI is InChI=1S/C20H38N2.2BrH/c1-7-15-21(5,16-8-2)19-13-11-12-14-20-22(6,17-9-3)18-10-4;;/h7-10H,1-4,11-20H2,5-6H3;2*1H/q+2;;/p-2. The van der Waals surface area contributed by atoms with Gasteiger partial charge in [0.25, 0.3) is 0 Å². The van der Waals surface area contributed by atoms with Gasteiger partial charge in [-0.25, -0.2) is 0 Å². The number of likely N-dealkylation sites (N-methyl/N-ethyl adjacent to an activating group) is 2. The molecule has 0 rings (SSSR count). The van der Waals surface area contributed by atoms with Crippen molar-refractivity contribution in [2.45, 2.75) is 25.7 Å². The first kappa shape index (κ1) is 28.6. The van der Waals surface area contributed by atoms with Gasteiger partial charge in [-0.1, -0.05) is 26.3 Å². The second kappa shape index (κ2) is 16.3. The largest absolute Gasteiger partial charge is 1.00 e. The van der Waals surface area contributed by atoms with E-state index in [-0.39, 0.29) is 34.0 Å². The Morgan fingerprint density at radius 3 is 1.00 bits per heavy atom. The van der Waals surface area contributed by atoms with Crippen molar-refractivity contribution >= 4 is 0 Å². The molecule has 0 saturated carbocycles. The molecule has 0 spiro atoms. The minimum atomic E-state index is 0. The van der Waals surface area contributed by atoms with Crippen LogP contribution in [0, 0.1) is 0 Å². The van der Waals surface area contributed by atoms with E-state index in [0.717, 1.165) is 35.1 Å². The van der Waals surface area contributed by atoms with Crippen molar-refractivity contribution in [3.8, 4) is 0 Å². The number of quaternary nitrogens is 2. The minimum Gasteiger partial charge on any atom is -1.00 e. The Morgan fingerprint density at radius 2 is 0.792 bits per heavy atom. The molecule has 0 N–H and O–H groups in total. The summed E-state index contributed by atoms with van der Waals surface area (Å²) < 4.78 is 2.07. The van der Waals surface area contributed by atoms with Crippen LogP contribution in [0.1, 0.15) is 25.7 Å². The topological polar surface area (TPSA) is 0 Å². The Morgan fingerprint density at radius 1 is 0.542 bits per heavy atom. The summed E-state index contributed by atoms with van der Waals surface area (Å²) in [5.74, 6) is 0. The molecule has 4 heteroatoms. The fraction of sp³-hybridized carbons (Fsp3) is 0.600. The molecule has 2 nitrogen and oxygen atoms in total. The maximum absolute atomic E-state index is 3.88. The summed E-state index contributed by atoms with van der Waals surface area (Å²) in [5, 5.41) is 0. The van der Waals surface area contributed by atoms with Crippen molar-refractivity contribution in [3.63, 3.8) is 0 Å². The number of hydrogen-bond acceptors (Lipinski definition) is 0. The average molecular weight is 466 g/mol. The van der Waals surface area contributed by atoms with Crippen molar-refractivity contribution < 1.29 is 42.9 Å². The molecule has 0 radical (unpaired) electrons. The number of rotatable bonds is 15. The van der Waals surface area contributed by atoms with Gasteiger partial charge in [-0.2, -0.15) is 0 Å². The lowest BCUT2D eigenvalue weighted by Gasteiger charge is -2.33. The molecule has 0 aliphatic heterocycles. The van der Waals surface area contributed by atoms with E-state index in [2.05, 4.69) is 40.4 Å². The van der Waals surface area contributed by atoms with Gasteiger partial charge in [0, 0.05) is 0 Å². The summed E-state index contributed by atoms with van der Waals surface area (Å²) in [5.41, 5.74) is 0. The molecule has 0 aromatic heterocycles. The molecule has 0 saturated heterocycles. The molecule has 24 heavy (non-hydrogen) atoms. The fourth-order valence-corrected chi connectivity index (χ4v) is 3.10. The summed E-state index contributed by atoms with van der Waals surface area (Å²) in [6.07, 6.45) is 13.3. The Labute approximate surface area is 172 Å². The molecule has 0 fully saturated rings. The van der Waals surface area contributed by atoms with Gasteiger partial charge in [-0.3, -0.25) is 0 Å². The van der Waals surface area contributed by atoms with Crippen LogP contribution in [0.3, 0.4) is 0 Å². The maximum Gasteiger partial charge on any atom is 0.0971 e. The second-order valence-electron chi connectivity index (χ2n) is 6.99. The van der Waals surface area contributed by atoms with Crippen LogP contribution in [-0.4, -0.2) is 62.3 Å². The van der Waals surface area contributed by atoms with Crippen molar-refractivity contribution in [3.05, 3.63) is 50.6 Å². The molecule has 142 valence electrons. The Kier molecular flexibility index (Phi) is 19.5. The van der Waals surface area contributed by atoms with Crippen molar-refractivity contribution in [2.24, 2.45) is 0 Å². The highest BCUT2D eigenvalue weighted by Crippen LogP contribution is 2.11. The quantitative estimate of drug-likeness (QED) is 0.152. The van der Waals surface area contributed by atoms with Gasteiger partial charge < -0.3 is 42.9 Å². The van der Waals surface area contributed by atoms with Crippen LogP contribution >= 0.6 is 0 Å². The number of halogens is 2. The SMILES string of the molecule is C=CC[N+](C)(CC=C)CCCCCC[N+](C)(CC=C)CC=C.[Br-].[Br-]. The van der Waals surface area contributed by atoms with Gasteiger partial charge in [-0.15, -0.1) is 0 Å². The summed E-state index contributed by atoms with van der Waals surface area (Å²) in [6, 6.07) is 0. The lowest BCUT2D eigenvalue weighted by atomic mass is 10.1. The molecule has 0 amide bonds. The summed E-state index contributed by atoms with van der Waals surface area (Å²) in [6.45, 7) is 22.1. The smallest absolute Gasteiger partial charge is 0.0971 e. The van der Waals surface area contributed by atoms with Gasteiger partial charge in [0.15, 0.2) is 0 Å². The van der Waals surface area contributed by atoms with E-state index in [1.54, 1.807) is 0 Å². The average Bonchev–Trinajstić information content (AvgIpc) is 2.44. The van der Waals surface area contributed by atoms with E-state index in [0.29, 0.717) is 0 Å². The van der Waals surface area contributed by atoms with Crippen LogP contribution in [0.25, 0.3) is 0 Å². The first-order valence-corrected chi connectivity index (χ1v) is 8.56. The zero-order valence-electron chi connectivity index (χ0n) is 15.9. The maximum atomic E-state index is 3.88. The molecule has 0 heterocycles. The Hall–Kier alpha value is -0.160. The van der Waals surface area contributed by atoms with Crippen molar-refractivity contribution in [2.75, 3.05) is 53.4 Å². The molecular weight excluding hydrogens is 428 g/mol.